The molecule has 0 radical (unpaired) electrons. The highest BCUT2D eigenvalue weighted by atomic mass is 32.2. The van der Waals surface area contributed by atoms with E-state index in [0.717, 1.165) is 0 Å². The maximum absolute atomic E-state index is 11.9. The topological polar surface area (TPSA) is 34.1 Å². The molecule has 0 amide bonds. The molecule has 0 saturated carbocycles. The number of halogens is 3. The first-order chi connectivity index (χ1) is 7.33. The van der Waals surface area contributed by atoms with Crippen LogP contribution in [-0.2, 0) is 9.84 Å². The smallest absolute Gasteiger partial charge is 0.219 e. The lowest BCUT2D eigenvalue weighted by atomic mass is 10.2. The van der Waals surface area contributed by atoms with Crippen molar-refractivity contribution in [1.82, 2.24) is 0 Å². The molecule has 0 spiro atoms. The summed E-state index contributed by atoms with van der Waals surface area (Å²) in [7, 11) is -5.14. The van der Waals surface area contributed by atoms with Gasteiger partial charge in [-0.2, -0.15) is 13.2 Å². The zero-order valence-electron chi connectivity index (χ0n) is 7.95. The molecule has 0 unspecified atom stereocenters. The monoisotopic (exact) mass is 248 g/mol. The highest BCUT2D eigenvalue weighted by Gasteiger charge is 2.44. The van der Waals surface area contributed by atoms with Gasteiger partial charge < -0.3 is 0 Å². The Labute approximate surface area is 91.0 Å². The van der Waals surface area contributed by atoms with Crippen molar-refractivity contribution in [3.05, 3.63) is 35.9 Å². The molecule has 0 aromatic heterocycles. The summed E-state index contributed by atoms with van der Waals surface area (Å²) in [6, 6.07) is 8.18. The SMILES string of the molecule is O=S(=O)(CC#Cc1ccccc1)C(F)(F)F. The maximum atomic E-state index is 11.9. The number of rotatable bonds is 1. The van der Waals surface area contributed by atoms with Crippen LogP contribution in [-0.4, -0.2) is 19.7 Å². The lowest BCUT2D eigenvalue weighted by Crippen LogP contribution is -2.25. The predicted octanol–water partition coefficient (Wildman–Crippen LogP) is 1.97. The summed E-state index contributed by atoms with van der Waals surface area (Å²) >= 11 is 0. The molecule has 0 aliphatic heterocycles. The van der Waals surface area contributed by atoms with Crippen LogP contribution >= 0.6 is 0 Å². The van der Waals surface area contributed by atoms with Crippen molar-refractivity contribution in [2.24, 2.45) is 0 Å². The first kappa shape index (κ1) is 12.6. The second-order valence-electron chi connectivity index (χ2n) is 2.87. The molecule has 6 heteroatoms. The van der Waals surface area contributed by atoms with Crippen molar-refractivity contribution < 1.29 is 21.6 Å². The van der Waals surface area contributed by atoms with Crippen LogP contribution in [0.15, 0.2) is 30.3 Å². The van der Waals surface area contributed by atoms with Gasteiger partial charge in [-0.15, -0.1) is 0 Å². The fourth-order valence-electron chi connectivity index (χ4n) is 0.836. The summed E-state index contributed by atoms with van der Waals surface area (Å²) in [6.07, 6.45) is 0. The first-order valence-corrected chi connectivity index (χ1v) is 5.81. The van der Waals surface area contributed by atoms with Crippen LogP contribution in [0.25, 0.3) is 0 Å². The molecule has 0 atom stereocenters. The molecule has 0 bridgehead atoms. The van der Waals surface area contributed by atoms with Gasteiger partial charge in [0.2, 0.25) is 0 Å². The second kappa shape index (κ2) is 4.58. The van der Waals surface area contributed by atoms with Crippen molar-refractivity contribution >= 4 is 9.84 Å². The average Bonchev–Trinajstić information content (AvgIpc) is 2.17. The van der Waals surface area contributed by atoms with Crippen LogP contribution < -0.4 is 0 Å². The summed E-state index contributed by atoms with van der Waals surface area (Å²) in [5.41, 5.74) is -4.77. The number of sulfone groups is 1. The quantitative estimate of drug-likeness (QED) is 0.712. The van der Waals surface area contributed by atoms with Gasteiger partial charge in [0.1, 0.15) is 5.75 Å². The van der Waals surface area contributed by atoms with E-state index >= 15 is 0 Å². The van der Waals surface area contributed by atoms with E-state index in [1.165, 1.54) is 0 Å². The Morgan fingerprint density at radius 1 is 1.12 bits per heavy atom. The van der Waals surface area contributed by atoms with Crippen molar-refractivity contribution in [2.45, 2.75) is 5.51 Å². The second-order valence-corrected chi connectivity index (χ2v) is 4.85. The Balaban J connectivity index is 2.78. The van der Waals surface area contributed by atoms with Crippen LogP contribution in [0.3, 0.4) is 0 Å². The molecule has 0 aliphatic carbocycles. The van der Waals surface area contributed by atoms with E-state index < -0.39 is 21.1 Å². The Morgan fingerprint density at radius 3 is 2.19 bits per heavy atom. The summed E-state index contributed by atoms with van der Waals surface area (Å²) in [6.45, 7) is 0. The van der Waals surface area contributed by atoms with Crippen molar-refractivity contribution in [2.75, 3.05) is 5.75 Å². The summed E-state index contributed by atoms with van der Waals surface area (Å²) in [4.78, 5) is 0. The van der Waals surface area contributed by atoms with Gasteiger partial charge in [-0.25, -0.2) is 8.42 Å². The Kier molecular flexibility index (Phi) is 3.60. The maximum Gasteiger partial charge on any atom is 0.498 e. The van der Waals surface area contributed by atoms with Crippen LogP contribution in [0.5, 0.6) is 0 Å². The lowest BCUT2D eigenvalue weighted by molar-refractivity contribution is -0.0432. The van der Waals surface area contributed by atoms with Crippen LogP contribution in [0.2, 0.25) is 0 Å². The molecule has 1 aromatic rings. The summed E-state index contributed by atoms with van der Waals surface area (Å²) < 4.78 is 56.9. The first-order valence-electron chi connectivity index (χ1n) is 4.16. The molecule has 0 N–H and O–H groups in total. The molecule has 0 aliphatic rings. The minimum absolute atomic E-state index is 0.472. The summed E-state index contributed by atoms with van der Waals surface area (Å²) in [5, 5.41) is 0. The van der Waals surface area contributed by atoms with E-state index in [0.29, 0.717) is 5.56 Å². The Morgan fingerprint density at radius 2 is 1.69 bits per heavy atom. The fraction of sp³-hybridized carbons (Fsp3) is 0.200. The van der Waals surface area contributed by atoms with E-state index in [-0.39, 0.29) is 0 Å². The molecule has 0 fully saturated rings. The molecule has 1 aromatic carbocycles. The fourth-order valence-corrected chi connectivity index (χ4v) is 1.26. The van der Waals surface area contributed by atoms with E-state index in [1.54, 1.807) is 30.3 Å². The van der Waals surface area contributed by atoms with Crippen LogP contribution in [0.4, 0.5) is 13.2 Å². The Bertz CT molecular complexity index is 506. The van der Waals surface area contributed by atoms with Gasteiger partial charge in [0.15, 0.2) is 0 Å². The van der Waals surface area contributed by atoms with E-state index in [9.17, 15) is 21.6 Å². The highest BCUT2D eigenvalue weighted by molar-refractivity contribution is 7.92. The zero-order valence-corrected chi connectivity index (χ0v) is 8.77. The largest absolute Gasteiger partial charge is 0.498 e. The number of hydrogen-bond acceptors (Lipinski definition) is 2. The van der Waals surface area contributed by atoms with Gasteiger partial charge in [0, 0.05) is 5.56 Å². The van der Waals surface area contributed by atoms with Crippen molar-refractivity contribution in [3.8, 4) is 11.8 Å². The average molecular weight is 248 g/mol. The third-order valence-corrected chi connectivity index (χ3v) is 2.85. The number of hydrogen-bond donors (Lipinski definition) is 0. The zero-order chi connectivity index (χ0) is 12.2. The predicted molar refractivity (Wildman–Crippen MR) is 53.2 cm³/mol. The molecule has 2 nitrogen and oxygen atoms in total. The van der Waals surface area contributed by atoms with Crippen LogP contribution in [0.1, 0.15) is 5.56 Å². The van der Waals surface area contributed by atoms with Gasteiger partial charge in [0.05, 0.1) is 0 Å². The molecule has 86 valence electrons. The van der Waals surface area contributed by atoms with Gasteiger partial charge in [0.25, 0.3) is 9.84 Å². The summed E-state index contributed by atoms with van der Waals surface area (Å²) in [5.74, 6) is 3.12. The molecule has 16 heavy (non-hydrogen) atoms. The molecular weight excluding hydrogens is 241 g/mol. The molecule has 1 rings (SSSR count). The standard InChI is InChI=1S/C10H7F3O2S/c11-10(12,13)16(14,15)8-4-7-9-5-2-1-3-6-9/h1-3,5-6H,8H2. The van der Waals surface area contributed by atoms with Crippen molar-refractivity contribution in [3.63, 3.8) is 0 Å². The van der Waals surface area contributed by atoms with Crippen LogP contribution in [0, 0.1) is 11.8 Å². The molecule has 0 saturated heterocycles. The minimum atomic E-state index is -5.24. The lowest BCUT2D eigenvalue weighted by Gasteiger charge is -2.03. The molecular formula is C10H7F3O2S. The molecule has 0 heterocycles. The minimum Gasteiger partial charge on any atom is -0.219 e. The Hall–Kier alpha value is -1.48. The van der Waals surface area contributed by atoms with E-state index in [1.807, 2.05) is 5.92 Å². The third kappa shape index (κ3) is 3.28. The number of alkyl halides is 3. The third-order valence-electron chi connectivity index (χ3n) is 1.62. The van der Waals surface area contributed by atoms with Gasteiger partial charge in [-0.1, -0.05) is 30.0 Å². The van der Waals surface area contributed by atoms with Gasteiger partial charge >= 0.3 is 5.51 Å². The van der Waals surface area contributed by atoms with E-state index in [4.69, 9.17) is 0 Å². The van der Waals surface area contributed by atoms with E-state index in [2.05, 4.69) is 5.92 Å². The normalized spacial score (nSPS) is 11.7. The number of benzene rings is 1. The van der Waals surface area contributed by atoms with Gasteiger partial charge in [-0.3, -0.25) is 0 Å². The highest BCUT2D eigenvalue weighted by Crippen LogP contribution is 2.23. The van der Waals surface area contributed by atoms with Gasteiger partial charge in [-0.05, 0) is 12.1 Å². The van der Waals surface area contributed by atoms with Crippen molar-refractivity contribution in [1.29, 1.82) is 0 Å².